The van der Waals surface area contributed by atoms with Crippen molar-refractivity contribution >= 4 is 23.2 Å². The highest BCUT2D eigenvalue weighted by Crippen LogP contribution is 2.22. The molecule has 0 amide bonds. The molecular weight excluding hydrogens is 327 g/mol. The van der Waals surface area contributed by atoms with Crippen LogP contribution in [0.2, 0.25) is 10.0 Å². The quantitative estimate of drug-likeness (QED) is 0.706. The molecule has 0 fully saturated rings. The Balaban J connectivity index is 2.06. The van der Waals surface area contributed by atoms with E-state index in [1.165, 1.54) is 5.56 Å². The standard InChI is InChI=1S/C19H24Cl2N2/c1-3-23(4-2)19(15-9-11-17(20)12-10-15)14-22-13-16-7-5-6-8-18(16)21/h5-12,19,22H,3-4,13-14H2,1-2H3. The molecule has 0 spiro atoms. The Kier molecular flexibility index (Phi) is 7.38. The molecule has 23 heavy (non-hydrogen) atoms. The van der Waals surface area contributed by atoms with E-state index in [-0.39, 0.29) is 0 Å². The number of hydrogen-bond acceptors (Lipinski definition) is 2. The molecule has 0 aliphatic carbocycles. The average molecular weight is 351 g/mol. The molecule has 2 aromatic rings. The second-order valence-electron chi connectivity index (χ2n) is 5.51. The predicted molar refractivity (Wildman–Crippen MR) is 100 cm³/mol. The lowest BCUT2D eigenvalue weighted by molar-refractivity contribution is 0.213. The Labute approximate surface area is 149 Å². The molecule has 2 nitrogen and oxygen atoms in total. The molecule has 2 aromatic carbocycles. The van der Waals surface area contributed by atoms with Crippen molar-refractivity contribution in [3.8, 4) is 0 Å². The van der Waals surface area contributed by atoms with E-state index in [9.17, 15) is 0 Å². The number of hydrogen-bond donors (Lipinski definition) is 1. The third kappa shape index (κ3) is 5.22. The smallest absolute Gasteiger partial charge is 0.0472 e. The SMILES string of the molecule is CCN(CC)C(CNCc1ccccc1Cl)c1ccc(Cl)cc1. The van der Waals surface area contributed by atoms with Gasteiger partial charge in [-0.05, 0) is 42.4 Å². The van der Waals surface area contributed by atoms with Gasteiger partial charge in [0.15, 0.2) is 0 Å². The molecule has 2 rings (SSSR count). The molecule has 0 saturated carbocycles. The zero-order valence-electron chi connectivity index (χ0n) is 13.7. The molecule has 0 bridgehead atoms. The minimum atomic E-state index is 0.324. The summed E-state index contributed by atoms with van der Waals surface area (Å²) >= 11 is 12.2. The fraction of sp³-hybridized carbons (Fsp3) is 0.368. The van der Waals surface area contributed by atoms with Gasteiger partial charge in [-0.2, -0.15) is 0 Å². The number of halogens is 2. The first-order valence-corrected chi connectivity index (χ1v) is 8.85. The van der Waals surface area contributed by atoms with Gasteiger partial charge < -0.3 is 5.32 Å². The maximum Gasteiger partial charge on any atom is 0.0472 e. The number of benzene rings is 2. The number of likely N-dealkylation sites (N-methyl/N-ethyl adjacent to an activating group) is 1. The first-order valence-electron chi connectivity index (χ1n) is 8.09. The molecule has 4 heteroatoms. The molecule has 0 saturated heterocycles. The summed E-state index contributed by atoms with van der Waals surface area (Å²) in [6, 6.07) is 16.4. The summed E-state index contributed by atoms with van der Waals surface area (Å²) < 4.78 is 0. The average Bonchev–Trinajstić information content (AvgIpc) is 2.57. The van der Waals surface area contributed by atoms with Crippen molar-refractivity contribution in [2.75, 3.05) is 19.6 Å². The summed E-state index contributed by atoms with van der Waals surface area (Å²) in [6.45, 7) is 8.05. The van der Waals surface area contributed by atoms with Gasteiger partial charge in [-0.3, -0.25) is 4.90 Å². The van der Waals surface area contributed by atoms with Crippen LogP contribution in [0.15, 0.2) is 48.5 Å². The van der Waals surface area contributed by atoms with E-state index in [1.807, 2.05) is 30.3 Å². The monoisotopic (exact) mass is 350 g/mol. The van der Waals surface area contributed by atoms with Crippen molar-refractivity contribution in [3.05, 3.63) is 69.7 Å². The Morgan fingerprint density at radius 1 is 0.957 bits per heavy atom. The van der Waals surface area contributed by atoms with Crippen LogP contribution in [0.1, 0.15) is 31.0 Å². The van der Waals surface area contributed by atoms with Crippen molar-refractivity contribution < 1.29 is 0 Å². The summed E-state index contributed by atoms with van der Waals surface area (Å²) in [5.41, 5.74) is 2.41. The van der Waals surface area contributed by atoms with Crippen molar-refractivity contribution in [2.45, 2.75) is 26.4 Å². The van der Waals surface area contributed by atoms with Crippen molar-refractivity contribution in [1.29, 1.82) is 0 Å². The molecule has 1 N–H and O–H groups in total. The van der Waals surface area contributed by atoms with Crippen LogP contribution in [0.3, 0.4) is 0 Å². The summed E-state index contributed by atoms with van der Waals surface area (Å²) in [5.74, 6) is 0. The maximum atomic E-state index is 6.23. The minimum Gasteiger partial charge on any atom is -0.311 e. The molecule has 1 atom stereocenters. The number of nitrogens with one attached hydrogen (secondary N) is 1. The van der Waals surface area contributed by atoms with Crippen molar-refractivity contribution in [2.24, 2.45) is 0 Å². The molecule has 124 valence electrons. The summed E-state index contributed by atoms with van der Waals surface area (Å²) in [4.78, 5) is 2.45. The van der Waals surface area contributed by atoms with Crippen LogP contribution in [0.5, 0.6) is 0 Å². The zero-order chi connectivity index (χ0) is 16.7. The van der Waals surface area contributed by atoms with E-state index < -0.39 is 0 Å². The molecule has 0 aliphatic heterocycles. The molecule has 1 unspecified atom stereocenters. The Morgan fingerprint density at radius 3 is 2.22 bits per heavy atom. The van der Waals surface area contributed by atoms with Gasteiger partial charge in [0.1, 0.15) is 0 Å². The largest absolute Gasteiger partial charge is 0.311 e. The lowest BCUT2D eigenvalue weighted by Crippen LogP contribution is -2.35. The van der Waals surface area contributed by atoms with Gasteiger partial charge in [0, 0.05) is 29.2 Å². The minimum absolute atomic E-state index is 0.324. The van der Waals surface area contributed by atoms with E-state index in [2.05, 4.69) is 42.3 Å². The highest BCUT2D eigenvalue weighted by Gasteiger charge is 2.17. The van der Waals surface area contributed by atoms with Gasteiger partial charge in [-0.25, -0.2) is 0 Å². The van der Waals surface area contributed by atoms with Gasteiger partial charge in [0.25, 0.3) is 0 Å². The second kappa shape index (κ2) is 9.29. The highest BCUT2D eigenvalue weighted by atomic mass is 35.5. The van der Waals surface area contributed by atoms with E-state index in [0.29, 0.717) is 6.04 Å². The van der Waals surface area contributed by atoms with Gasteiger partial charge >= 0.3 is 0 Å². The number of nitrogens with zero attached hydrogens (tertiary/aromatic N) is 1. The van der Waals surface area contributed by atoms with Crippen LogP contribution in [0.4, 0.5) is 0 Å². The van der Waals surface area contributed by atoms with Crippen LogP contribution >= 0.6 is 23.2 Å². The Bertz CT molecular complexity index is 595. The fourth-order valence-corrected chi connectivity index (χ4v) is 3.12. The summed E-state index contributed by atoms with van der Waals surface area (Å²) in [6.07, 6.45) is 0. The lowest BCUT2D eigenvalue weighted by Gasteiger charge is -2.30. The topological polar surface area (TPSA) is 15.3 Å². The van der Waals surface area contributed by atoms with Crippen LogP contribution in [0, 0.1) is 0 Å². The second-order valence-corrected chi connectivity index (χ2v) is 6.35. The van der Waals surface area contributed by atoms with Crippen molar-refractivity contribution in [3.63, 3.8) is 0 Å². The van der Waals surface area contributed by atoms with E-state index in [4.69, 9.17) is 23.2 Å². The van der Waals surface area contributed by atoms with Crippen LogP contribution in [0.25, 0.3) is 0 Å². The Morgan fingerprint density at radius 2 is 1.61 bits per heavy atom. The maximum absolute atomic E-state index is 6.23. The van der Waals surface area contributed by atoms with Crippen LogP contribution in [-0.4, -0.2) is 24.5 Å². The molecular formula is C19H24Cl2N2. The first-order chi connectivity index (χ1) is 11.2. The Hall–Kier alpha value is -1.06. The molecule has 0 aromatic heterocycles. The number of rotatable bonds is 8. The zero-order valence-corrected chi connectivity index (χ0v) is 15.2. The van der Waals surface area contributed by atoms with Gasteiger partial charge in [0.2, 0.25) is 0 Å². The molecule has 0 radical (unpaired) electrons. The highest BCUT2D eigenvalue weighted by molar-refractivity contribution is 6.31. The van der Waals surface area contributed by atoms with E-state index in [0.717, 1.165) is 41.8 Å². The van der Waals surface area contributed by atoms with E-state index in [1.54, 1.807) is 0 Å². The lowest BCUT2D eigenvalue weighted by atomic mass is 10.0. The summed E-state index contributed by atoms with van der Waals surface area (Å²) in [7, 11) is 0. The van der Waals surface area contributed by atoms with Crippen molar-refractivity contribution in [1.82, 2.24) is 10.2 Å². The first kappa shape index (κ1) is 18.3. The molecule has 0 heterocycles. The van der Waals surface area contributed by atoms with Crippen LogP contribution < -0.4 is 5.32 Å². The third-order valence-electron chi connectivity index (χ3n) is 4.12. The summed E-state index contributed by atoms with van der Waals surface area (Å²) in [5, 5.41) is 5.13. The van der Waals surface area contributed by atoms with Gasteiger partial charge in [0.05, 0.1) is 0 Å². The fourth-order valence-electron chi connectivity index (χ4n) is 2.79. The third-order valence-corrected chi connectivity index (χ3v) is 4.74. The van der Waals surface area contributed by atoms with E-state index >= 15 is 0 Å². The van der Waals surface area contributed by atoms with Crippen LogP contribution in [-0.2, 0) is 6.54 Å². The van der Waals surface area contributed by atoms with Gasteiger partial charge in [-0.15, -0.1) is 0 Å². The normalized spacial score (nSPS) is 12.6. The molecule has 0 aliphatic rings. The van der Waals surface area contributed by atoms with Gasteiger partial charge in [-0.1, -0.05) is 67.4 Å². The predicted octanol–water partition coefficient (Wildman–Crippen LogP) is 5.17.